The van der Waals surface area contributed by atoms with Crippen LogP contribution < -0.4 is 0 Å². The largest absolute Gasteiger partial charge is 0.508 e. The van der Waals surface area contributed by atoms with Crippen LogP contribution in [0.5, 0.6) is 5.75 Å². The summed E-state index contributed by atoms with van der Waals surface area (Å²) in [5.41, 5.74) is 0.994. The van der Waals surface area contributed by atoms with Crippen LogP contribution in [0.4, 0.5) is 0 Å². The molecule has 2 rings (SSSR count). The van der Waals surface area contributed by atoms with Crippen LogP contribution in [0, 0.1) is 0 Å². The predicted octanol–water partition coefficient (Wildman–Crippen LogP) is 2.63. The van der Waals surface area contributed by atoms with Gasteiger partial charge < -0.3 is 10.2 Å². The van der Waals surface area contributed by atoms with Crippen LogP contribution in [0.25, 0.3) is 0 Å². The Morgan fingerprint density at radius 1 is 1.31 bits per heavy atom. The third kappa shape index (κ3) is 1.66. The highest BCUT2D eigenvalue weighted by Gasteiger charge is 2.52. The Morgan fingerprint density at radius 3 is 2.38 bits per heavy atom. The van der Waals surface area contributed by atoms with Gasteiger partial charge in [-0.2, -0.15) is 0 Å². The molecule has 0 bridgehead atoms. The Bertz CT molecular complexity index is 431. The second-order valence-electron chi connectivity index (χ2n) is 4.86. The minimum Gasteiger partial charge on any atom is -0.508 e. The van der Waals surface area contributed by atoms with Crippen molar-refractivity contribution in [2.24, 2.45) is 0 Å². The molecule has 0 heterocycles. The van der Waals surface area contributed by atoms with E-state index in [9.17, 15) is 15.0 Å². The Balaban J connectivity index is 2.46. The second-order valence-corrected chi connectivity index (χ2v) is 4.86. The van der Waals surface area contributed by atoms with E-state index >= 15 is 0 Å². The highest BCUT2D eigenvalue weighted by Crippen LogP contribution is 2.49. The summed E-state index contributed by atoms with van der Waals surface area (Å²) < 4.78 is 0. The van der Waals surface area contributed by atoms with Crippen molar-refractivity contribution in [2.75, 3.05) is 0 Å². The lowest BCUT2D eigenvalue weighted by Gasteiger charge is -2.14. The van der Waals surface area contributed by atoms with E-state index in [2.05, 4.69) is 0 Å². The van der Waals surface area contributed by atoms with Crippen molar-refractivity contribution in [3.05, 3.63) is 29.3 Å². The first kappa shape index (κ1) is 11.0. The summed E-state index contributed by atoms with van der Waals surface area (Å²) in [5.74, 6) is -0.336. The first-order valence-electron chi connectivity index (χ1n) is 5.53. The number of carbonyl (C=O) groups is 1. The first-order chi connectivity index (χ1) is 7.45. The van der Waals surface area contributed by atoms with Gasteiger partial charge in [-0.1, -0.05) is 19.9 Å². The van der Waals surface area contributed by atoms with Crippen LogP contribution in [0.15, 0.2) is 18.2 Å². The van der Waals surface area contributed by atoms with Crippen molar-refractivity contribution in [3.8, 4) is 5.75 Å². The van der Waals surface area contributed by atoms with Gasteiger partial charge in [0.05, 0.1) is 5.41 Å². The average molecular weight is 220 g/mol. The first-order valence-corrected chi connectivity index (χ1v) is 5.53. The van der Waals surface area contributed by atoms with Crippen molar-refractivity contribution < 1.29 is 15.0 Å². The van der Waals surface area contributed by atoms with Crippen molar-refractivity contribution in [3.63, 3.8) is 0 Å². The summed E-state index contributed by atoms with van der Waals surface area (Å²) in [7, 11) is 0. The number of hydrogen-bond donors (Lipinski definition) is 2. The van der Waals surface area contributed by atoms with Gasteiger partial charge >= 0.3 is 5.97 Å². The SMILES string of the molecule is CC(C)c1cc(O)cc(C2(C(=O)O)CC2)c1. The smallest absolute Gasteiger partial charge is 0.314 e. The number of rotatable bonds is 3. The summed E-state index contributed by atoms with van der Waals surface area (Å²) >= 11 is 0. The van der Waals surface area contributed by atoms with Gasteiger partial charge in [0.25, 0.3) is 0 Å². The van der Waals surface area contributed by atoms with E-state index < -0.39 is 11.4 Å². The van der Waals surface area contributed by atoms with E-state index in [0.29, 0.717) is 12.8 Å². The van der Waals surface area contributed by atoms with Gasteiger partial charge in [0.2, 0.25) is 0 Å². The lowest BCUT2D eigenvalue weighted by molar-refractivity contribution is -0.140. The standard InChI is InChI=1S/C13H16O3/c1-8(2)9-5-10(7-11(14)6-9)13(3-4-13)12(15)16/h5-8,14H,3-4H2,1-2H3,(H,15,16). The maximum Gasteiger partial charge on any atom is 0.314 e. The van der Waals surface area contributed by atoms with Gasteiger partial charge in [0.15, 0.2) is 0 Å². The molecule has 3 heteroatoms. The van der Waals surface area contributed by atoms with Crippen LogP contribution >= 0.6 is 0 Å². The molecular formula is C13H16O3. The average Bonchev–Trinajstić information content (AvgIpc) is 2.97. The van der Waals surface area contributed by atoms with Crippen LogP contribution in [-0.4, -0.2) is 16.2 Å². The summed E-state index contributed by atoms with van der Waals surface area (Å²) in [6.45, 7) is 4.05. The molecular weight excluding hydrogens is 204 g/mol. The fourth-order valence-electron chi connectivity index (χ4n) is 2.00. The molecule has 0 radical (unpaired) electrons. The highest BCUT2D eigenvalue weighted by atomic mass is 16.4. The van der Waals surface area contributed by atoms with Crippen LogP contribution in [0.1, 0.15) is 43.7 Å². The molecule has 0 saturated heterocycles. The number of carboxylic acid groups (broad SMARTS) is 1. The third-order valence-electron chi connectivity index (χ3n) is 3.32. The van der Waals surface area contributed by atoms with E-state index in [0.717, 1.165) is 11.1 Å². The fraction of sp³-hybridized carbons (Fsp3) is 0.462. The molecule has 0 aromatic heterocycles. The van der Waals surface area contributed by atoms with Crippen LogP contribution in [0.2, 0.25) is 0 Å². The summed E-state index contributed by atoms with van der Waals surface area (Å²) in [6, 6.07) is 5.19. The second kappa shape index (κ2) is 3.51. The zero-order chi connectivity index (χ0) is 11.9. The molecule has 2 N–H and O–H groups in total. The Hall–Kier alpha value is -1.51. The van der Waals surface area contributed by atoms with Gasteiger partial charge in [0, 0.05) is 0 Å². The molecule has 1 fully saturated rings. The fourth-order valence-corrected chi connectivity index (χ4v) is 2.00. The number of phenolic OH excluding ortho intramolecular Hbond substituents is 1. The van der Waals surface area contributed by atoms with E-state index in [1.165, 1.54) is 0 Å². The molecule has 16 heavy (non-hydrogen) atoms. The lowest BCUT2D eigenvalue weighted by Crippen LogP contribution is -2.19. The van der Waals surface area contributed by atoms with Gasteiger partial charge in [-0.05, 0) is 42.0 Å². The maximum atomic E-state index is 11.2. The third-order valence-corrected chi connectivity index (χ3v) is 3.32. The Labute approximate surface area is 94.7 Å². The van der Waals surface area contributed by atoms with Gasteiger partial charge in [-0.25, -0.2) is 0 Å². The van der Waals surface area contributed by atoms with Gasteiger partial charge in [0.1, 0.15) is 5.75 Å². The van der Waals surface area contributed by atoms with Crippen molar-refractivity contribution in [2.45, 2.75) is 38.0 Å². The minimum atomic E-state index is -0.784. The Kier molecular flexibility index (Phi) is 2.41. The predicted molar refractivity (Wildman–Crippen MR) is 60.7 cm³/mol. The molecule has 1 aliphatic rings. The monoisotopic (exact) mass is 220 g/mol. The van der Waals surface area contributed by atoms with Crippen LogP contribution in [-0.2, 0) is 10.2 Å². The van der Waals surface area contributed by atoms with Crippen molar-refractivity contribution in [1.82, 2.24) is 0 Å². The number of hydrogen-bond acceptors (Lipinski definition) is 2. The van der Waals surface area contributed by atoms with E-state index in [4.69, 9.17) is 0 Å². The molecule has 0 atom stereocenters. The van der Waals surface area contributed by atoms with E-state index in [1.54, 1.807) is 12.1 Å². The van der Waals surface area contributed by atoms with Crippen molar-refractivity contribution in [1.29, 1.82) is 0 Å². The number of phenols is 1. The van der Waals surface area contributed by atoms with E-state index in [1.807, 2.05) is 19.9 Å². The molecule has 1 aromatic rings. The zero-order valence-electron chi connectivity index (χ0n) is 9.53. The number of aromatic hydroxyl groups is 1. The molecule has 1 saturated carbocycles. The molecule has 0 spiro atoms. The topological polar surface area (TPSA) is 57.5 Å². The molecule has 3 nitrogen and oxygen atoms in total. The normalized spacial score (nSPS) is 17.4. The summed E-state index contributed by atoms with van der Waals surface area (Å²) in [6.07, 6.45) is 1.34. The molecule has 86 valence electrons. The zero-order valence-corrected chi connectivity index (χ0v) is 9.53. The maximum absolute atomic E-state index is 11.2. The van der Waals surface area contributed by atoms with E-state index in [-0.39, 0.29) is 11.7 Å². The summed E-state index contributed by atoms with van der Waals surface area (Å²) in [4.78, 5) is 11.2. The van der Waals surface area contributed by atoms with Gasteiger partial charge in [-0.3, -0.25) is 4.79 Å². The highest BCUT2D eigenvalue weighted by molar-refractivity contribution is 5.85. The van der Waals surface area contributed by atoms with Gasteiger partial charge in [-0.15, -0.1) is 0 Å². The minimum absolute atomic E-state index is 0.161. The molecule has 0 unspecified atom stereocenters. The van der Waals surface area contributed by atoms with Crippen LogP contribution in [0.3, 0.4) is 0 Å². The molecule has 0 aliphatic heterocycles. The molecule has 1 aliphatic carbocycles. The molecule has 1 aromatic carbocycles. The lowest BCUT2D eigenvalue weighted by atomic mass is 9.91. The quantitative estimate of drug-likeness (QED) is 0.823. The number of aliphatic carboxylic acids is 1. The summed E-state index contributed by atoms with van der Waals surface area (Å²) in [5, 5.41) is 18.8. The van der Waals surface area contributed by atoms with Crippen molar-refractivity contribution >= 4 is 5.97 Å². The Morgan fingerprint density at radius 2 is 1.94 bits per heavy atom. The number of benzene rings is 1. The number of carboxylic acids is 1. The molecule has 0 amide bonds.